The Morgan fingerprint density at radius 3 is 1.29 bits per heavy atom. The molecule has 0 spiro atoms. The van der Waals surface area contributed by atoms with Crippen LogP contribution in [-0.2, 0) is 76.7 Å². The molecule has 11 rings (SSSR count). The number of ketones is 3. The van der Waals surface area contributed by atoms with Crippen molar-refractivity contribution in [2.24, 2.45) is 0 Å². The van der Waals surface area contributed by atoms with Crippen LogP contribution in [0.5, 0.6) is 0 Å². The van der Waals surface area contributed by atoms with Crippen molar-refractivity contribution in [2.45, 2.75) is 76.3 Å². The molecule has 5 heterocycles. The number of carbonyl (C=O) groups excluding carboxylic acids is 18. The second-order valence-corrected chi connectivity index (χ2v) is 27.9. The Balaban J connectivity index is 0.000000204. The number of nitrogens with two attached hydrogens (primary N) is 1. The van der Waals surface area contributed by atoms with E-state index in [0.717, 1.165) is 47.4 Å². The Labute approximate surface area is 687 Å². The van der Waals surface area contributed by atoms with Crippen LogP contribution in [0.4, 0.5) is 44.2 Å². The number of nitrogens with zero attached hydrogens (tertiary/aromatic N) is 8. The van der Waals surface area contributed by atoms with Gasteiger partial charge in [-0.05, 0) is 98.3 Å². The number of rotatable bonds is 28. The molecule has 0 fully saturated rings. The molecule has 0 saturated carbocycles. The van der Waals surface area contributed by atoms with Crippen molar-refractivity contribution in [3.63, 3.8) is 0 Å². The standard InChI is InChI=1S/C29H28FN5O7.C27H25N5O6.C25H25Cl2N5O7/c1-17(37)11-20(15-36)32-25(38)14-35-23-8-7-19(30)12-24(23)34(26(39)16-42-2)13-22(29(35)41)33-28(40)27-21-6-4-3-5-18(21)9-10-31-27;1-17(35)12-19(15-33)29-24(36)14-32-23-9-5-4-8-22(23)31(16-34)13-21(27(32)38)30-26(37)25-20-7-3-2-6-18(20)10-11-28-25;1-13(35)6-15(11-33)29-21(36)10-32-20-5-3-2-4-19(20)31(22(37)12-34)9-18(25(32)39)30-24(38)14-7-16(26)23(28)17(27)8-14/h3-10,12,15,20,22H,11,13-14,16H2,1-2H3,(H,32,38)(H,33,40);2-11,15-16,19,21H,12-14H2,1H3,(H,29,36)(H,30,37);2-5,7-8,11,15,18,34H,6,9-10,12,28H2,1H3,(H,29,36)(H,30,38)/t20-,22-;19-,21-;15-,18-/m000/s1. The van der Waals surface area contributed by atoms with E-state index >= 15 is 0 Å². The summed E-state index contributed by atoms with van der Waals surface area (Å²) in [6, 6.07) is 28.8. The number of aldehydes is 3. The number of amides is 12. The maximum atomic E-state index is 14.5. The molecule has 3 aliphatic heterocycles. The molecule has 2 aromatic heterocycles. The van der Waals surface area contributed by atoms with Crippen molar-refractivity contribution < 1.29 is 101 Å². The highest BCUT2D eigenvalue weighted by molar-refractivity contribution is 6.39. The third kappa shape index (κ3) is 22.4. The molecule has 38 heteroatoms. The van der Waals surface area contributed by atoms with E-state index in [1.165, 1.54) is 75.5 Å². The average molecular weight is 1670 g/mol. The van der Waals surface area contributed by atoms with E-state index in [1.807, 2.05) is 12.1 Å². The van der Waals surface area contributed by atoms with Crippen molar-refractivity contribution in [1.29, 1.82) is 0 Å². The smallest absolute Gasteiger partial charge is 0.271 e. The monoisotopic (exact) mass is 1670 g/mol. The molecule has 0 radical (unpaired) electrons. The van der Waals surface area contributed by atoms with Gasteiger partial charge in [0.25, 0.3) is 47.3 Å². The summed E-state index contributed by atoms with van der Waals surface area (Å²) in [6.45, 7) is -0.238. The minimum absolute atomic E-state index is 0.00950. The van der Waals surface area contributed by atoms with Crippen LogP contribution in [0.1, 0.15) is 71.4 Å². The number of carbonyl (C=O) groups is 18. The number of pyridine rings is 2. The molecule has 8 aromatic rings. The van der Waals surface area contributed by atoms with Crippen LogP contribution >= 0.6 is 23.2 Å². The number of nitrogen functional groups attached to an aromatic ring is 1. The Morgan fingerprint density at radius 1 is 0.504 bits per heavy atom. The third-order valence-corrected chi connectivity index (χ3v) is 19.0. The molecule has 618 valence electrons. The molecule has 0 unspecified atom stereocenters. The summed E-state index contributed by atoms with van der Waals surface area (Å²) in [5, 5.41) is 27.3. The summed E-state index contributed by atoms with van der Waals surface area (Å²) in [5.41, 5.74) is 6.86. The van der Waals surface area contributed by atoms with Crippen molar-refractivity contribution in [2.75, 3.05) is 94.7 Å². The van der Waals surface area contributed by atoms with Crippen molar-refractivity contribution >= 4 is 192 Å². The molecular weight excluding hydrogens is 1590 g/mol. The maximum Gasteiger partial charge on any atom is 0.271 e. The number of benzene rings is 6. The third-order valence-electron chi connectivity index (χ3n) is 18.4. The first-order chi connectivity index (χ1) is 56.9. The van der Waals surface area contributed by atoms with Crippen molar-refractivity contribution in [3.05, 3.63) is 185 Å². The van der Waals surface area contributed by atoms with Crippen LogP contribution in [0.15, 0.2) is 152 Å². The Kier molecular flexibility index (Phi) is 30.7. The quantitative estimate of drug-likeness (QED) is 0.0258. The number of anilines is 7. The normalized spacial score (nSPS) is 15.6. The van der Waals surface area contributed by atoms with Gasteiger partial charge >= 0.3 is 0 Å². The van der Waals surface area contributed by atoms with Gasteiger partial charge in [-0.15, -0.1) is 0 Å². The van der Waals surface area contributed by atoms with Gasteiger partial charge in [0.2, 0.25) is 24.1 Å². The average Bonchev–Trinajstić information content (AvgIpc) is 1.67. The number of Topliss-reactive ketones (excluding diaryl/α,β-unsaturated/α-hetero) is 3. The number of aliphatic hydroxyl groups excluding tert-OH is 1. The fraction of sp³-hybridized carbons (Fsp3) is 0.259. The summed E-state index contributed by atoms with van der Waals surface area (Å²) >= 11 is 12.1. The predicted molar refractivity (Wildman–Crippen MR) is 431 cm³/mol. The van der Waals surface area contributed by atoms with Gasteiger partial charge in [-0.3, -0.25) is 96.6 Å². The summed E-state index contributed by atoms with van der Waals surface area (Å²) in [6.07, 6.45) is 4.07. The lowest BCUT2D eigenvalue weighted by Gasteiger charge is -2.25. The topological polar surface area (TPSA) is 480 Å². The van der Waals surface area contributed by atoms with Gasteiger partial charge in [-0.25, -0.2) is 4.39 Å². The highest BCUT2D eigenvalue weighted by Gasteiger charge is 2.42. The molecule has 0 saturated heterocycles. The minimum Gasteiger partial charge on any atom is -0.396 e. The fourth-order valence-electron chi connectivity index (χ4n) is 13.0. The van der Waals surface area contributed by atoms with Gasteiger partial charge in [0.1, 0.15) is 104 Å². The zero-order valence-electron chi connectivity index (χ0n) is 64.0. The Hall–Kier alpha value is -14.0. The van der Waals surface area contributed by atoms with E-state index in [1.54, 1.807) is 84.9 Å². The highest BCUT2D eigenvalue weighted by atomic mass is 35.5. The zero-order chi connectivity index (χ0) is 86.5. The number of fused-ring (bicyclic) bond motifs is 5. The van der Waals surface area contributed by atoms with Gasteiger partial charge in [0.05, 0.1) is 87.6 Å². The number of methoxy groups -OCH3 is 1. The summed E-state index contributed by atoms with van der Waals surface area (Å²) in [4.78, 5) is 241. The number of aliphatic hydroxyl groups is 1. The van der Waals surface area contributed by atoms with Gasteiger partial charge in [0, 0.05) is 55.1 Å². The number of nitrogens with one attached hydrogen (secondary N) is 6. The van der Waals surface area contributed by atoms with E-state index in [2.05, 4.69) is 41.9 Å². The van der Waals surface area contributed by atoms with Crippen molar-refractivity contribution in [3.8, 4) is 0 Å². The zero-order valence-corrected chi connectivity index (χ0v) is 65.5. The van der Waals surface area contributed by atoms with Crippen LogP contribution in [0.25, 0.3) is 21.5 Å². The molecule has 6 aromatic carbocycles. The van der Waals surface area contributed by atoms with Crippen LogP contribution in [0.2, 0.25) is 10.0 Å². The second kappa shape index (κ2) is 41.0. The van der Waals surface area contributed by atoms with Crippen LogP contribution in [0.3, 0.4) is 0 Å². The molecule has 119 heavy (non-hydrogen) atoms. The summed E-state index contributed by atoms with van der Waals surface area (Å²) in [5.74, 6) is -9.60. The number of halogens is 3. The SMILES string of the molecule is CC(=O)C[C@@H](C=O)NC(=O)CN1C(=O)[C@@H](NC(=O)c2cc(Cl)c(N)c(Cl)c2)CN(C(=O)CO)c2ccccc21.CC(=O)C[C@@H](C=O)NC(=O)CN1C(=O)[C@@H](NC(=O)c2nccc3ccccc23)CN(C=O)c2ccccc21.COCC(=O)N1C[C@H](NC(=O)c2nccc3ccccc23)C(=O)N(CC(=O)N[C@H](C=O)CC(C)=O)c2ccc(F)cc21. The van der Waals surface area contributed by atoms with Gasteiger partial charge in [-0.1, -0.05) is 96.0 Å². The number of ether oxygens (including phenoxy) is 1. The lowest BCUT2D eigenvalue weighted by atomic mass is 10.1. The predicted octanol–water partition coefficient (Wildman–Crippen LogP) is 2.88. The first-order valence-electron chi connectivity index (χ1n) is 36.3. The minimum atomic E-state index is -1.40. The molecule has 0 aliphatic carbocycles. The second-order valence-electron chi connectivity index (χ2n) is 27.1. The summed E-state index contributed by atoms with van der Waals surface area (Å²) < 4.78 is 19.4. The largest absolute Gasteiger partial charge is 0.396 e. The maximum absolute atomic E-state index is 14.5. The molecular formula is C81H78Cl2FN15O20. The number of hydrogen-bond acceptors (Lipinski definition) is 23. The van der Waals surface area contributed by atoms with Gasteiger partial charge < -0.3 is 76.6 Å². The van der Waals surface area contributed by atoms with Gasteiger partial charge in [-0.2, -0.15) is 0 Å². The Bertz CT molecular complexity index is 5320. The van der Waals surface area contributed by atoms with Crippen LogP contribution in [-0.4, -0.2) is 219 Å². The molecule has 12 amide bonds. The van der Waals surface area contributed by atoms with E-state index in [0.29, 0.717) is 41.7 Å². The van der Waals surface area contributed by atoms with Crippen molar-refractivity contribution in [1.82, 2.24) is 41.9 Å². The number of para-hydroxylation sites is 4. The number of hydrogen-bond donors (Lipinski definition) is 8. The van der Waals surface area contributed by atoms with Gasteiger partial charge in [0.15, 0.2) is 0 Å². The fourth-order valence-corrected chi connectivity index (χ4v) is 13.5. The molecule has 6 atom stereocenters. The van der Waals surface area contributed by atoms with E-state index in [9.17, 15) is 95.8 Å². The Morgan fingerprint density at radius 2 is 0.882 bits per heavy atom. The van der Waals surface area contributed by atoms with Crippen LogP contribution in [0, 0.1) is 5.82 Å². The van der Waals surface area contributed by atoms with Crippen LogP contribution < -0.4 is 67.0 Å². The highest BCUT2D eigenvalue weighted by Crippen LogP contribution is 2.37. The molecule has 0 bridgehead atoms. The van der Waals surface area contributed by atoms with E-state index < -0.39 is 146 Å². The van der Waals surface area contributed by atoms with E-state index in [4.69, 9.17) is 33.7 Å². The molecule has 9 N–H and O–H groups in total. The number of aromatic nitrogens is 2. The summed E-state index contributed by atoms with van der Waals surface area (Å²) in [7, 11) is 1.29. The first-order valence-corrected chi connectivity index (χ1v) is 37.1. The first kappa shape index (κ1) is 89.0. The van der Waals surface area contributed by atoms with E-state index in [-0.39, 0.29) is 111 Å². The molecule has 35 nitrogen and oxygen atoms in total. The molecule has 3 aliphatic rings. The lowest BCUT2D eigenvalue weighted by molar-refractivity contribution is -0.127. The lowest BCUT2D eigenvalue weighted by Crippen LogP contribution is -2.55.